The van der Waals surface area contributed by atoms with E-state index < -0.39 is 10.0 Å². The fourth-order valence-corrected chi connectivity index (χ4v) is 6.15. The lowest BCUT2D eigenvalue weighted by atomic mass is 10.2. The second-order valence-electron chi connectivity index (χ2n) is 7.88. The van der Waals surface area contributed by atoms with E-state index in [2.05, 4.69) is 9.88 Å². The van der Waals surface area contributed by atoms with Gasteiger partial charge in [0.1, 0.15) is 0 Å². The number of rotatable bonds is 4. The summed E-state index contributed by atoms with van der Waals surface area (Å²) in [6, 6.07) is 6.17. The number of hydrogen-bond donors (Lipinski definition) is 0. The molecule has 2 saturated heterocycles. The van der Waals surface area contributed by atoms with Gasteiger partial charge in [-0.1, -0.05) is 0 Å². The number of aromatic nitrogens is 1. The van der Waals surface area contributed by atoms with E-state index in [0.717, 1.165) is 24.6 Å². The van der Waals surface area contributed by atoms with E-state index in [1.165, 1.54) is 23.4 Å². The molecule has 9 nitrogen and oxygen atoms in total. The van der Waals surface area contributed by atoms with Crippen molar-refractivity contribution < 1.29 is 18.0 Å². The Morgan fingerprint density at radius 2 is 1.59 bits per heavy atom. The monoisotopic (exact) mass is 477 g/mol. The minimum Gasteiger partial charge on any atom is -0.346 e. The molecule has 1 aromatic carbocycles. The third kappa shape index (κ3) is 4.79. The summed E-state index contributed by atoms with van der Waals surface area (Å²) in [4.78, 5) is 34.7. The number of anilines is 1. The molecule has 2 aliphatic heterocycles. The van der Waals surface area contributed by atoms with Crippen LogP contribution < -0.4 is 4.90 Å². The summed E-state index contributed by atoms with van der Waals surface area (Å²) in [5, 5.41) is 2.92. The Hall–Kier alpha value is -2.50. The molecule has 32 heavy (non-hydrogen) atoms. The zero-order chi connectivity index (χ0) is 22.7. The van der Waals surface area contributed by atoms with Crippen LogP contribution in [0.5, 0.6) is 0 Å². The van der Waals surface area contributed by atoms with Gasteiger partial charge in [0.05, 0.1) is 4.90 Å². The molecular formula is C21H27N5O4S2. The van der Waals surface area contributed by atoms with Crippen molar-refractivity contribution in [1.29, 1.82) is 0 Å². The van der Waals surface area contributed by atoms with E-state index in [1.807, 2.05) is 10.3 Å². The Balaban J connectivity index is 1.39. The van der Waals surface area contributed by atoms with E-state index in [9.17, 15) is 18.0 Å². The number of carbonyl (C=O) groups is 2. The standard InChI is InChI=1S/C21H27N5O4S2/c1-17(27)23-12-14-26(15-13-23)32(29,30)19-5-3-18(4-6-19)20(28)24-8-2-9-25(11-10-24)21-22-7-16-31-21/h3-7,16H,2,8-15H2,1H3. The van der Waals surface area contributed by atoms with Crippen molar-refractivity contribution in [2.75, 3.05) is 57.3 Å². The molecule has 0 atom stereocenters. The number of thiazole rings is 1. The van der Waals surface area contributed by atoms with Crippen LogP contribution in [0, 0.1) is 0 Å². The molecule has 2 amide bonds. The molecule has 2 aliphatic rings. The van der Waals surface area contributed by atoms with E-state index in [4.69, 9.17) is 0 Å². The van der Waals surface area contributed by atoms with Crippen LogP contribution >= 0.6 is 11.3 Å². The van der Waals surface area contributed by atoms with Crippen molar-refractivity contribution in [3.05, 3.63) is 41.4 Å². The van der Waals surface area contributed by atoms with Crippen LogP contribution in [0.1, 0.15) is 23.7 Å². The Labute approximate surface area is 192 Å². The third-order valence-corrected chi connectivity index (χ3v) is 8.64. The number of sulfonamides is 1. The summed E-state index contributed by atoms with van der Waals surface area (Å²) in [7, 11) is -3.66. The average molecular weight is 478 g/mol. The van der Waals surface area contributed by atoms with Crippen LogP contribution in [-0.2, 0) is 14.8 Å². The van der Waals surface area contributed by atoms with Crippen LogP contribution in [0.3, 0.4) is 0 Å². The first kappa shape index (κ1) is 22.7. The van der Waals surface area contributed by atoms with Crippen LogP contribution in [0.2, 0.25) is 0 Å². The average Bonchev–Trinajstić information content (AvgIpc) is 3.23. The molecule has 1 aromatic heterocycles. The number of carbonyl (C=O) groups excluding carboxylic acids is 2. The number of hydrogen-bond acceptors (Lipinski definition) is 7. The van der Waals surface area contributed by atoms with Crippen LogP contribution in [0.25, 0.3) is 0 Å². The Bertz CT molecular complexity index is 1050. The Morgan fingerprint density at radius 1 is 0.906 bits per heavy atom. The highest BCUT2D eigenvalue weighted by atomic mass is 32.2. The molecule has 0 aliphatic carbocycles. The summed E-state index contributed by atoms with van der Waals surface area (Å²) in [6.07, 6.45) is 2.64. The van der Waals surface area contributed by atoms with Crippen LogP contribution in [-0.4, -0.2) is 91.7 Å². The van der Waals surface area contributed by atoms with Crippen molar-refractivity contribution >= 4 is 38.3 Å². The minimum atomic E-state index is -3.66. The Kier molecular flexibility index (Phi) is 6.77. The zero-order valence-electron chi connectivity index (χ0n) is 18.0. The molecule has 0 N–H and O–H groups in total. The number of amides is 2. The maximum atomic E-state index is 13.0. The fraction of sp³-hybridized carbons (Fsp3) is 0.476. The lowest BCUT2D eigenvalue weighted by Gasteiger charge is -2.33. The van der Waals surface area contributed by atoms with Crippen molar-refractivity contribution in [3.63, 3.8) is 0 Å². The highest BCUT2D eigenvalue weighted by Crippen LogP contribution is 2.21. The quantitative estimate of drug-likeness (QED) is 0.660. The van der Waals surface area contributed by atoms with E-state index in [0.29, 0.717) is 31.7 Å². The maximum Gasteiger partial charge on any atom is 0.253 e. The van der Waals surface area contributed by atoms with E-state index in [-0.39, 0.29) is 29.8 Å². The molecule has 0 saturated carbocycles. The SMILES string of the molecule is CC(=O)N1CCN(S(=O)(=O)c2ccc(C(=O)N3CCCN(c4nccs4)CC3)cc2)CC1. The molecule has 0 bridgehead atoms. The van der Waals surface area contributed by atoms with Gasteiger partial charge in [-0.25, -0.2) is 13.4 Å². The van der Waals surface area contributed by atoms with E-state index >= 15 is 0 Å². The van der Waals surface area contributed by atoms with Crippen LogP contribution in [0.15, 0.2) is 40.7 Å². The highest BCUT2D eigenvalue weighted by Gasteiger charge is 2.29. The van der Waals surface area contributed by atoms with Gasteiger partial charge in [0, 0.05) is 76.4 Å². The topological polar surface area (TPSA) is 94.1 Å². The first-order valence-corrected chi connectivity index (χ1v) is 13.0. The molecule has 3 heterocycles. The molecule has 172 valence electrons. The predicted octanol–water partition coefficient (Wildman–Crippen LogP) is 1.35. The summed E-state index contributed by atoms with van der Waals surface area (Å²) < 4.78 is 27.3. The lowest BCUT2D eigenvalue weighted by molar-refractivity contribution is -0.129. The van der Waals surface area contributed by atoms with Crippen molar-refractivity contribution in [1.82, 2.24) is 19.1 Å². The maximum absolute atomic E-state index is 13.0. The predicted molar refractivity (Wildman–Crippen MR) is 122 cm³/mol. The van der Waals surface area contributed by atoms with Gasteiger partial charge < -0.3 is 14.7 Å². The number of piperazine rings is 1. The molecule has 0 spiro atoms. The van der Waals surface area contributed by atoms with Crippen molar-refractivity contribution in [2.24, 2.45) is 0 Å². The van der Waals surface area contributed by atoms with Gasteiger partial charge in [-0.3, -0.25) is 9.59 Å². The summed E-state index contributed by atoms with van der Waals surface area (Å²) >= 11 is 1.59. The van der Waals surface area contributed by atoms with Gasteiger partial charge in [-0.2, -0.15) is 4.31 Å². The summed E-state index contributed by atoms with van der Waals surface area (Å²) in [5.41, 5.74) is 0.480. The molecule has 2 aromatic rings. The van der Waals surface area contributed by atoms with Gasteiger partial charge in [0.25, 0.3) is 5.91 Å². The molecule has 4 rings (SSSR count). The van der Waals surface area contributed by atoms with Crippen molar-refractivity contribution in [2.45, 2.75) is 18.2 Å². The second kappa shape index (κ2) is 9.55. The normalized spacial score (nSPS) is 18.5. The second-order valence-corrected chi connectivity index (χ2v) is 10.7. The molecule has 0 radical (unpaired) electrons. The third-order valence-electron chi connectivity index (χ3n) is 5.90. The van der Waals surface area contributed by atoms with Gasteiger partial charge in [0.15, 0.2) is 5.13 Å². The lowest BCUT2D eigenvalue weighted by Crippen LogP contribution is -2.49. The number of benzene rings is 1. The fourth-order valence-electron chi connectivity index (χ4n) is 4.03. The first-order chi connectivity index (χ1) is 15.4. The smallest absolute Gasteiger partial charge is 0.253 e. The van der Waals surface area contributed by atoms with Crippen LogP contribution in [0.4, 0.5) is 5.13 Å². The van der Waals surface area contributed by atoms with Gasteiger partial charge >= 0.3 is 0 Å². The zero-order valence-corrected chi connectivity index (χ0v) is 19.6. The highest BCUT2D eigenvalue weighted by molar-refractivity contribution is 7.89. The molecule has 2 fully saturated rings. The van der Waals surface area contributed by atoms with E-state index in [1.54, 1.807) is 34.6 Å². The number of nitrogens with zero attached hydrogens (tertiary/aromatic N) is 5. The minimum absolute atomic E-state index is 0.0480. The summed E-state index contributed by atoms with van der Waals surface area (Å²) in [5.74, 6) is -0.141. The molecule has 11 heteroatoms. The van der Waals surface area contributed by atoms with Gasteiger partial charge in [-0.05, 0) is 30.7 Å². The van der Waals surface area contributed by atoms with Gasteiger partial charge in [-0.15, -0.1) is 11.3 Å². The molecular weight excluding hydrogens is 450 g/mol. The van der Waals surface area contributed by atoms with Gasteiger partial charge in [0.2, 0.25) is 15.9 Å². The Morgan fingerprint density at radius 3 is 2.22 bits per heavy atom. The van der Waals surface area contributed by atoms with Crippen molar-refractivity contribution in [3.8, 4) is 0 Å². The summed E-state index contributed by atoms with van der Waals surface area (Å²) in [6.45, 7) is 5.62. The molecule has 0 unspecified atom stereocenters. The largest absolute Gasteiger partial charge is 0.346 e. The first-order valence-electron chi connectivity index (χ1n) is 10.7.